The largest absolute Gasteiger partial charge is 0.394 e. The van der Waals surface area contributed by atoms with Crippen molar-refractivity contribution in [3.63, 3.8) is 0 Å². The molecular formula is C13H14ClN5. The topological polar surface area (TPSA) is 79.7 Å². The van der Waals surface area contributed by atoms with E-state index in [1.807, 2.05) is 6.92 Å². The number of halogens is 1. The maximum atomic E-state index is 9.09. The summed E-state index contributed by atoms with van der Waals surface area (Å²) in [4.78, 5) is 0. The molecule has 2 rings (SSSR count). The van der Waals surface area contributed by atoms with Gasteiger partial charge in [-0.05, 0) is 24.6 Å². The molecule has 98 valence electrons. The van der Waals surface area contributed by atoms with Crippen molar-refractivity contribution >= 4 is 28.8 Å². The van der Waals surface area contributed by atoms with Crippen LogP contribution in [0.3, 0.4) is 0 Å². The van der Waals surface area contributed by atoms with Gasteiger partial charge in [-0.1, -0.05) is 18.5 Å². The summed E-state index contributed by atoms with van der Waals surface area (Å²) in [5.41, 5.74) is 8.57. The second kappa shape index (κ2) is 5.21. The van der Waals surface area contributed by atoms with Crippen molar-refractivity contribution in [1.82, 2.24) is 9.78 Å². The summed E-state index contributed by atoms with van der Waals surface area (Å²) < 4.78 is 1.66. The maximum absolute atomic E-state index is 9.09. The van der Waals surface area contributed by atoms with E-state index in [0.717, 1.165) is 12.1 Å². The zero-order valence-electron chi connectivity index (χ0n) is 10.7. The van der Waals surface area contributed by atoms with E-state index >= 15 is 0 Å². The monoisotopic (exact) mass is 275 g/mol. The molecule has 0 atom stereocenters. The number of benzene rings is 1. The Balaban J connectivity index is 2.45. The van der Waals surface area contributed by atoms with Gasteiger partial charge in [-0.25, -0.2) is 0 Å². The van der Waals surface area contributed by atoms with Gasteiger partial charge in [0.25, 0.3) is 0 Å². The van der Waals surface area contributed by atoms with E-state index in [2.05, 4.69) is 16.5 Å². The van der Waals surface area contributed by atoms with Gasteiger partial charge >= 0.3 is 0 Å². The van der Waals surface area contributed by atoms with Crippen LogP contribution in [0.15, 0.2) is 18.2 Å². The van der Waals surface area contributed by atoms with Gasteiger partial charge in [0.05, 0.1) is 22.6 Å². The van der Waals surface area contributed by atoms with E-state index < -0.39 is 0 Å². The zero-order valence-corrected chi connectivity index (χ0v) is 11.5. The Bertz CT molecular complexity index is 654. The highest BCUT2D eigenvalue weighted by Gasteiger charge is 2.13. The number of hydrogen-bond acceptors (Lipinski definition) is 4. The van der Waals surface area contributed by atoms with Gasteiger partial charge in [-0.2, -0.15) is 10.4 Å². The highest BCUT2D eigenvalue weighted by atomic mass is 35.5. The molecule has 0 bridgehead atoms. The van der Waals surface area contributed by atoms with Crippen LogP contribution in [0.5, 0.6) is 0 Å². The second-order valence-electron chi connectivity index (χ2n) is 4.11. The number of nitriles is 1. The Labute approximate surface area is 116 Å². The predicted molar refractivity (Wildman–Crippen MR) is 76.4 cm³/mol. The molecule has 6 heteroatoms. The number of aromatic nitrogens is 2. The number of nitrogens with two attached hydrogens (primary N) is 1. The van der Waals surface area contributed by atoms with Crippen LogP contribution in [0.25, 0.3) is 0 Å². The Kier molecular flexibility index (Phi) is 3.63. The number of nitrogen functional groups attached to an aromatic ring is 1. The third-order valence-corrected chi connectivity index (χ3v) is 3.09. The third kappa shape index (κ3) is 2.49. The molecule has 0 aliphatic rings. The lowest BCUT2D eigenvalue weighted by Crippen LogP contribution is -2.02. The number of aryl methyl sites for hydroxylation is 2. The average Bonchev–Trinajstić information content (AvgIpc) is 2.66. The fourth-order valence-electron chi connectivity index (χ4n) is 1.85. The zero-order chi connectivity index (χ0) is 14.0. The number of nitrogens with one attached hydrogen (secondary N) is 1. The van der Waals surface area contributed by atoms with Gasteiger partial charge in [-0.15, -0.1) is 0 Å². The van der Waals surface area contributed by atoms with E-state index in [1.54, 1.807) is 29.9 Å². The molecule has 0 saturated carbocycles. The van der Waals surface area contributed by atoms with Crippen LogP contribution in [0.1, 0.15) is 18.2 Å². The standard InChI is InChI=1S/C13H14ClN5/c1-3-10-12(16)13(19(2)18-10)17-11-6-9(14)5-4-8(11)7-15/h4-6,17H,3,16H2,1-2H3. The summed E-state index contributed by atoms with van der Waals surface area (Å²) in [6.07, 6.45) is 0.752. The van der Waals surface area contributed by atoms with Crippen LogP contribution in [-0.2, 0) is 13.5 Å². The quantitative estimate of drug-likeness (QED) is 0.903. The maximum Gasteiger partial charge on any atom is 0.152 e. The second-order valence-corrected chi connectivity index (χ2v) is 4.55. The number of rotatable bonds is 3. The first-order valence-electron chi connectivity index (χ1n) is 5.84. The molecule has 0 unspecified atom stereocenters. The summed E-state index contributed by atoms with van der Waals surface area (Å²) in [5.74, 6) is 0.663. The normalized spacial score (nSPS) is 10.2. The van der Waals surface area contributed by atoms with Gasteiger partial charge in [0, 0.05) is 12.1 Å². The molecule has 0 fully saturated rings. The van der Waals surface area contributed by atoms with E-state index in [-0.39, 0.29) is 0 Å². The lowest BCUT2D eigenvalue weighted by Gasteiger charge is -2.09. The van der Waals surface area contributed by atoms with Crippen LogP contribution < -0.4 is 11.1 Å². The molecule has 1 aromatic heterocycles. The highest BCUT2D eigenvalue weighted by molar-refractivity contribution is 6.30. The van der Waals surface area contributed by atoms with Gasteiger partial charge in [-0.3, -0.25) is 4.68 Å². The van der Waals surface area contributed by atoms with Gasteiger partial charge in [0.1, 0.15) is 6.07 Å². The van der Waals surface area contributed by atoms with E-state index in [0.29, 0.717) is 27.8 Å². The Morgan fingerprint density at radius 3 is 2.84 bits per heavy atom. The van der Waals surface area contributed by atoms with Crippen molar-refractivity contribution in [2.45, 2.75) is 13.3 Å². The number of hydrogen-bond donors (Lipinski definition) is 2. The molecule has 0 radical (unpaired) electrons. The molecule has 0 aliphatic heterocycles. The van der Waals surface area contributed by atoms with Crippen LogP contribution in [-0.4, -0.2) is 9.78 Å². The lowest BCUT2D eigenvalue weighted by atomic mass is 10.2. The number of nitrogens with zero attached hydrogens (tertiary/aromatic N) is 3. The molecule has 2 aromatic rings. The molecule has 3 N–H and O–H groups in total. The Hall–Kier alpha value is -2.19. The lowest BCUT2D eigenvalue weighted by molar-refractivity contribution is 0.753. The average molecular weight is 276 g/mol. The molecule has 1 heterocycles. The molecule has 0 aliphatic carbocycles. The third-order valence-electron chi connectivity index (χ3n) is 2.85. The molecule has 0 amide bonds. The fourth-order valence-corrected chi connectivity index (χ4v) is 2.02. The van der Waals surface area contributed by atoms with E-state index in [4.69, 9.17) is 22.6 Å². The van der Waals surface area contributed by atoms with Crippen molar-refractivity contribution in [3.8, 4) is 6.07 Å². The first-order chi connectivity index (χ1) is 9.06. The van der Waals surface area contributed by atoms with Gasteiger partial charge < -0.3 is 11.1 Å². The summed E-state index contributed by atoms with van der Waals surface area (Å²) >= 11 is 5.95. The molecule has 0 spiro atoms. The Morgan fingerprint density at radius 2 is 2.26 bits per heavy atom. The van der Waals surface area contributed by atoms with Crippen LogP contribution in [0.2, 0.25) is 5.02 Å². The van der Waals surface area contributed by atoms with Gasteiger partial charge in [0.2, 0.25) is 0 Å². The molecule has 5 nitrogen and oxygen atoms in total. The van der Waals surface area contributed by atoms with Crippen LogP contribution in [0.4, 0.5) is 17.2 Å². The van der Waals surface area contributed by atoms with Crippen LogP contribution in [0, 0.1) is 11.3 Å². The highest BCUT2D eigenvalue weighted by Crippen LogP contribution is 2.29. The summed E-state index contributed by atoms with van der Waals surface area (Å²) in [6, 6.07) is 7.14. The van der Waals surface area contributed by atoms with Gasteiger partial charge in [0.15, 0.2) is 5.82 Å². The van der Waals surface area contributed by atoms with Crippen molar-refractivity contribution in [3.05, 3.63) is 34.5 Å². The van der Waals surface area contributed by atoms with Crippen LogP contribution >= 0.6 is 11.6 Å². The summed E-state index contributed by atoms with van der Waals surface area (Å²) in [6.45, 7) is 1.99. The summed E-state index contributed by atoms with van der Waals surface area (Å²) in [5, 5.41) is 17.1. The molecule has 19 heavy (non-hydrogen) atoms. The number of anilines is 3. The van der Waals surface area contributed by atoms with E-state index in [1.165, 1.54) is 0 Å². The predicted octanol–water partition coefficient (Wildman–Crippen LogP) is 2.83. The molecular weight excluding hydrogens is 262 g/mol. The minimum Gasteiger partial charge on any atom is -0.394 e. The molecule has 1 aromatic carbocycles. The van der Waals surface area contributed by atoms with E-state index in [9.17, 15) is 0 Å². The van der Waals surface area contributed by atoms with Crippen molar-refractivity contribution in [2.24, 2.45) is 7.05 Å². The molecule has 0 saturated heterocycles. The smallest absolute Gasteiger partial charge is 0.152 e. The first-order valence-corrected chi connectivity index (χ1v) is 6.22. The first kappa shape index (κ1) is 13.2. The Morgan fingerprint density at radius 1 is 1.53 bits per heavy atom. The SMILES string of the molecule is CCc1nn(C)c(Nc2cc(Cl)ccc2C#N)c1N. The fraction of sp³-hybridized carbons (Fsp3) is 0.231. The van der Waals surface area contributed by atoms with Crippen molar-refractivity contribution in [1.29, 1.82) is 5.26 Å². The van der Waals surface area contributed by atoms with Crippen molar-refractivity contribution in [2.75, 3.05) is 11.1 Å². The minimum atomic E-state index is 0.503. The summed E-state index contributed by atoms with van der Waals surface area (Å²) in [7, 11) is 1.80. The van der Waals surface area contributed by atoms with Crippen molar-refractivity contribution < 1.29 is 0 Å². The minimum absolute atomic E-state index is 0.503.